The van der Waals surface area contributed by atoms with Crippen LogP contribution in [0.25, 0.3) is 6.08 Å². The van der Waals surface area contributed by atoms with Crippen molar-refractivity contribution < 1.29 is 18.7 Å². The molecule has 216 valence electrons. The van der Waals surface area contributed by atoms with Crippen LogP contribution < -0.4 is 10.5 Å². The van der Waals surface area contributed by atoms with E-state index in [1.54, 1.807) is 36.6 Å². The molecule has 0 spiro atoms. The van der Waals surface area contributed by atoms with E-state index < -0.39 is 0 Å². The number of piperidine rings is 1. The van der Waals surface area contributed by atoms with Gasteiger partial charge in [-0.15, -0.1) is 0 Å². The molecule has 41 heavy (non-hydrogen) atoms. The van der Waals surface area contributed by atoms with Crippen LogP contribution in [-0.4, -0.2) is 45.4 Å². The Morgan fingerprint density at radius 2 is 2.00 bits per heavy atom. The summed E-state index contributed by atoms with van der Waals surface area (Å²) in [5.74, 6) is -0.693. The fourth-order valence-electron chi connectivity index (χ4n) is 5.17. The van der Waals surface area contributed by atoms with Crippen LogP contribution in [0.15, 0.2) is 34.0 Å². The summed E-state index contributed by atoms with van der Waals surface area (Å²) in [5.41, 5.74) is 1.44. The van der Waals surface area contributed by atoms with E-state index in [9.17, 15) is 24.0 Å². The molecule has 1 aromatic carbocycles. The summed E-state index contributed by atoms with van der Waals surface area (Å²) in [6.07, 6.45) is 4.68. The number of halogens is 1. The Morgan fingerprint density at radius 1 is 1.27 bits per heavy atom. The molecule has 0 saturated carbocycles. The lowest BCUT2D eigenvalue weighted by Gasteiger charge is -2.36. The number of anilines is 1. The molecular weight excluding hydrogens is 563 g/mol. The molecule has 0 aliphatic carbocycles. The van der Waals surface area contributed by atoms with E-state index in [-0.39, 0.29) is 47.9 Å². The van der Waals surface area contributed by atoms with Crippen molar-refractivity contribution in [3.63, 3.8) is 0 Å². The van der Waals surface area contributed by atoms with E-state index in [0.29, 0.717) is 52.2 Å². The van der Waals surface area contributed by atoms with Crippen LogP contribution in [0.1, 0.15) is 61.8 Å². The van der Waals surface area contributed by atoms with Gasteiger partial charge in [0.15, 0.2) is 0 Å². The quantitative estimate of drug-likeness (QED) is 0.223. The molecule has 0 bridgehead atoms. The first kappa shape index (κ1) is 30.5. The first-order valence-corrected chi connectivity index (χ1v) is 15.0. The fourth-order valence-corrected chi connectivity index (χ4v) is 6.41. The van der Waals surface area contributed by atoms with Gasteiger partial charge in [0.25, 0.3) is 11.5 Å². The molecule has 0 radical (unpaired) electrons. The molecule has 2 aliphatic heterocycles. The molecule has 2 fully saturated rings. The second-order valence-electron chi connectivity index (χ2n) is 10.1. The van der Waals surface area contributed by atoms with Crippen molar-refractivity contribution in [3.05, 3.63) is 67.6 Å². The normalized spacial score (nSPS) is 18.2. The maximum Gasteiger partial charge on any atom is 0.310 e. The molecule has 11 heteroatoms. The fraction of sp³-hybridized carbons (Fsp3) is 0.433. The van der Waals surface area contributed by atoms with E-state index in [4.69, 9.17) is 17.0 Å². The predicted molar refractivity (Wildman–Crippen MR) is 162 cm³/mol. The Bertz CT molecular complexity index is 1480. The Kier molecular flexibility index (Phi) is 9.99. The molecule has 1 unspecified atom stereocenters. The number of thiocarbonyl (C=S) groups is 1. The van der Waals surface area contributed by atoms with Gasteiger partial charge in [0, 0.05) is 25.2 Å². The number of nitriles is 1. The smallest absolute Gasteiger partial charge is 0.310 e. The molecule has 1 aromatic heterocycles. The van der Waals surface area contributed by atoms with Gasteiger partial charge < -0.3 is 9.64 Å². The number of amides is 1. The van der Waals surface area contributed by atoms with Crippen LogP contribution in [0.3, 0.4) is 0 Å². The number of carbonyl (C=O) groups excluding carboxylic acids is 2. The highest BCUT2D eigenvalue weighted by Crippen LogP contribution is 2.37. The van der Waals surface area contributed by atoms with Crippen LogP contribution >= 0.6 is 24.0 Å². The zero-order chi connectivity index (χ0) is 29.7. The van der Waals surface area contributed by atoms with Crippen molar-refractivity contribution in [1.82, 2.24) is 9.47 Å². The molecule has 2 saturated heterocycles. The van der Waals surface area contributed by atoms with E-state index >= 15 is 0 Å². The highest BCUT2D eigenvalue weighted by Gasteiger charge is 2.35. The third-order valence-corrected chi connectivity index (χ3v) is 8.70. The molecule has 0 N–H and O–H groups in total. The minimum atomic E-state index is -0.382. The number of nitrogens with zero attached hydrogens (tertiary/aromatic N) is 4. The average Bonchev–Trinajstić information content (AvgIpc) is 3.22. The Morgan fingerprint density at radius 3 is 2.66 bits per heavy atom. The zero-order valence-corrected chi connectivity index (χ0v) is 25.1. The standard InChI is InChI=1S/C30H33FN4O4S2/c1-4-6-14-34-26(33-13-7-8-21(18-33)29(38)39-5-2)23(19(3)24(16-32)27(34)36)15-25-28(37)35(30(40)41-25)17-20-9-11-22(31)12-10-20/h9-12,15,21H,4-8,13-14,17-18H2,1-3H3/b25-15+. The Hall–Kier alpha value is -3.49. The number of esters is 1. The number of carbonyl (C=O) groups is 2. The summed E-state index contributed by atoms with van der Waals surface area (Å²) in [6.45, 7) is 7.36. The molecule has 1 amide bonds. The lowest BCUT2D eigenvalue weighted by atomic mass is 9.96. The summed E-state index contributed by atoms with van der Waals surface area (Å²) in [4.78, 5) is 43.6. The maximum atomic E-state index is 13.6. The second kappa shape index (κ2) is 13.4. The number of thioether (sulfide) groups is 1. The van der Waals surface area contributed by atoms with Crippen molar-refractivity contribution in [2.24, 2.45) is 5.92 Å². The van der Waals surface area contributed by atoms with E-state index in [1.807, 2.05) is 11.8 Å². The third-order valence-electron chi connectivity index (χ3n) is 7.33. The molecule has 4 rings (SSSR count). The summed E-state index contributed by atoms with van der Waals surface area (Å²) >= 11 is 6.68. The number of benzene rings is 1. The van der Waals surface area contributed by atoms with Crippen LogP contribution in [0.5, 0.6) is 0 Å². The molecule has 1 atom stereocenters. The minimum absolute atomic E-state index is 0.0249. The molecular formula is C30H33FN4O4S2. The Labute approximate surface area is 248 Å². The van der Waals surface area contributed by atoms with Gasteiger partial charge in [-0.3, -0.25) is 23.9 Å². The average molecular weight is 597 g/mol. The van der Waals surface area contributed by atoms with Crippen molar-refractivity contribution in [2.45, 2.75) is 59.5 Å². The van der Waals surface area contributed by atoms with Gasteiger partial charge in [-0.2, -0.15) is 5.26 Å². The summed E-state index contributed by atoms with van der Waals surface area (Å²) in [6, 6.07) is 7.97. The van der Waals surface area contributed by atoms with E-state index in [0.717, 1.165) is 36.6 Å². The molecule has 3 heterocycles. The number of hydrogen-bond donors (Lipinski definition) is 0. The van der Waals surface area contributed by atoms with Crippen LogP contribution in [0.2, 0.25) is 0 Å². The van der Waals surface area contributed by atoms with E-state index in [1.165, 1.54) is 17.0 Å². The number of ether oxygens (including phenoxy) is 1. The van der Waals surface area contributed by atoms with Crippen molar-refractivity contribution in [3.8, 4) is 6.07 Å². The topological polar surface area (TPSA) is 95.6 Å². The second-order valence-corrected chi connectivity index (χ2v) is 11.8. The van der Waals surface area contributed by atoms with Gasteiger partial charge in [-0.25, -0.2) is 4.39 Å². The minimum Gasteiger partial charge on any atom is -0.466 e. The van der Waals surface area contributed by atoms with Gasteiger partial charge in [-0.1, -0.05) is 49.5 Å². The summed E-state index contributed by atoms with van der Waals surface area (Å²) in [5, 5.41) is 9.94. The van der Waals surface area contributed by atoms with Gasteiger partial charge in [0.2, 0.25) is 0 Å². The molecule has 2 aromatic rings. The third kappa shape index (κ3) is 6.54. The zero-order valence-electron chi connectivity index (χ0n) is 23.4. The SMILES string of the molecule is CCCCn1c(N2CCCC(C(=O)OCC)C2)c(/C=C2/SC(=S)N(Cc3ccc(F)cc3)C2=O)c(C)c(C#N)c1=O. The maximum absolute atomic E-state index is 13.6. The van der Waals surface area contributed by atoms with Crippen LogP contribution in [0.4, 0.5) is 10.2 Å². The summed E-state index contributed by atoms with van der Waals surface area (Å²) in [7, 11) is 0. The first-order chi connectivity index (χ1) is 19.7. The number of hydrogen-bond acceptors (Lipinski definition) is 8. The predicted octanol–water partition coefficient (Wildman–Crippen LogP) is 5.15. The van der Waals surface area contributed by atoms with Gasteiger partial charge in [0.05, 0.1) is 24.0 Å². The van der Waals surface area contributed by atoms with E-state index in [2.05, 4.69) is 6.07 Å². The number of pyridine rings is 1. The monoisotopic (exact) mass is 596 g/mol. The van der Waals surface area contributed by atoms with Gasteiger partial charge >= 0.3 is 5.97 Å². The van der Waals surface area contributed by atoms with Crippen molar-refractivity contribution in [2.75, 3.05) is 24.6 Å². The lowest BCUT2D eigenvalue weighted by Crippen LogP contribution is -2.43. The number of rotatable bonds is 9. The Balaban J connectivity index is 1.81. The van der Waals surface area contributed by atoms with Gasteiger partial charge in [-0.05, 0) is 62.4 Å². The van der Waals surface area contributed by atoms with Crippen LogP contribution in [0, 0.1) is 30.0 Å². The summed E-state index contributed by atoms with van der Waals surface area (Å²) < 4.78 is 20.7. The van der Waals surface area contributed by atoms with Crippen LogP contribution in [-0.2, 0) is 27.4 Å². The van der Waals surface area contributed by atoms with Gasteiger partial charge in [0.1, 0.15) is 27.6 Å². The molecule has 2 aliphatic rings. The first-order valence-electron chi connectivity index (χ1n) is 13.8. The molecule has 8 nitrogen and oxygen atoms in total. The highest BCUT2D eigenvalue weighted by molar-refractivity contribution is 8.26. The van der Waals surface area contributed by atoms with Crippen molar-refractivity contribution in [1.29, 1.82) is 5.26 Å². The lowest BCUT2D eigenvalue weighted by molar-refractivity contribution is -0.148. The highest BCUT2D eigenvalue weighted by atomic mass is 32.2. The van der Waals surface area contributed by atoms with Crippen molar-refractivity contribution >= 4 is 52.1 Å². The largest absolute Gasteiger partial charge is 0.466 e. The number of unbranched alkanes of at least 4 members (excludes halogenated alkanes) is 1. The number of aromatic nitrogens is 1.